The van der Waals surface area contributed by atoms with E-state index in [9.17, 15) is 4.79 Å². The molecule has 3 rings (SSSR count). The van der Waals surface area contributed by atoms with Crippen LogP contribution in [0.2, 0.25) is 0 Å². The van der Waals surface area contributed by atoms with E-state index in [1.165, 1.54) is 17.3 Å². The first kappa shape index (κ1) is 21.9. The van der Waals surface area contributed by atoms with E-state index in [1.54, 1.807) is 7.11 Å². The van der Waals surface area contributed by atoms with E-state index in [4.69, 9.17) is 4.74 Å². The van der Waals surface area contributed by atoms with Crippen molar-refractivity contribution in [2.45, 2.75) is 44.8 Å². The number of hydrogen-bond acceptors (Lipinski definition) is 5. The SMILES string of the molecule is COc1ccc(-c2nnc(SCC(=O)Nc3ccc(C(C)C)cc3)n2C(C)C)cc1. The van der Waals surface area contributed by atoms with E-state index in [-0.39, 0.29) is 17.7 Å². The molecule has 1 aromatic heterocycles. The molecule has 0 aliphatic heterocycles. The van der Waals surface area contributed by atoms with Crippen LogP contribution in [-0.4, -0.2) is 33.5 Å². The van der Waals surface area contributed by atoms with Crippen LogP contribution in [0, 0.1) is 0 Å². The first-order chi connectivity index (χ1) is 14.4. The molecule has 0 atom stereocenters. The highest BCUT2D eigenvalue weighted by Gasteiger charge is 2.18. The molecule has 0 radical (unpaired) electrons. The topological polar surface area (TPSA) is 69.0 Å². The van der Waals surface area contributed by atoms with Crippen molar-refractivity contribution in [3.63, 3.8) is 0 Å². The molecular weight excluding hydrogens is 396 g/mol. The lowest BCUT2D eigenvalue weighted by atomic mass is 10.0. The summed E-state index contributed by atoms with van der Waals surface area (Å²) in [5.74, 6) is 2.23. The van der Waals surface area contributed by atoms with Gasteiger partial charge in [-0.1, -0.05) is 37.7 Å². The van der Waals surface area contributed by atoms with E-state index >= 15 is 0 Å². The molecule has 0 unspecified atom stereocenters. The number of aromatic nitrogens is 3. The minimum absolute atomic E-state index is 0.0680. The Morgan fingerprint density at radius 2 is 1.70 bits per heavy atom. The van der Waals surface area contributed by atoms with E-state index < -0.39 is 0 Å². The summed E-state index contributed by atoms with van der Waals surface area (Å²) in [6, 6.07) is 15.9. The second-order valence-corrected chi connectivity index (χ2v) is 8.55. The van der Waals surface area contributed by atoms with Crippen LogP contribution in [0.4, 0.5) is 5.69 Å². The highest BCUT2D eigenvalue weighted by molar-refractivity contribution is 7.99. The Morgan fingerprint density at radius 1 is 1.03 bits per heavy atom. The standard InChI is InChI=1S/C23H28N4O2S/c1-15(2)17-6-10-19(11-7-17)24-21(28)14-30-23-26-25-22(27(23)16(3)4)18-8-12-20(29-5)13-9-18/h6-13,15-16H,14H2,1-5H3,(H,24,28). The lowest BCUT2D eigenvalue weighted by Crippen LogP contribution is -2.15. The predicted octanol–water partition coefficient (Wildman–Crippen LogP) is 5.39. The van der Waals surface area contributed by atoms with Gasteiger partial charge in [0.25, 0.3) is 0 Å². The fraction of sp³-hybridized carbons (Fsp3) is 0.348. The van der Waals surface area contributed by atoms with Crippen LogP contribution in [0.5, 0.6) is 5.75 Å². The first-order valence-electron chi connectivity index (χ1n) is 10.0. The lowest BCUT2D eigenvalue weighted by molar-refractivity contribution is -0.113. The summed E-state index contributed by atoms with van der Waals surface area (Å²) in [6.45, 7) is 8.46. The summed E-state index contributed by atoms with van der Waals surface area (Å²) in [7, 11) is 1.64. The molecule has 1 heterocycles. The summed E-state index contributed by atoms with van der Waals surface area (Å²) < 4.78 is 7.28. The highest BCUT2D eigenvalue weighted by Crippen LogP contribution is 2.29. The Hall–Kier alpha value is -2.80. The van der Waals surface area contributed by atoms with Crippen LogP contribution in [-0.2, 0) is 4.79 Å². The Morgan fingerprint density at radius 3 is 2.27 bits per heavy atom. The first-order valence-corrected chi connectivity index (χ1v) is 11.0. The molecule has 158 valence electrons. The number of ether oxygens (including phenoxy) is 1. The monoisotopic (exact) mass is 424 g/mol. The van der Waals surface area contributed by atoms with Gasteiger partial charge in [-0.2, -0.15) is 0 Å². The van der Waals surface area contributed by atoms with Gasteiger partial charge in [-0.15, -0.1) is 10.2 Å². The zero-order valence-corrected chi connectivity index (χ0v) is 18.9. The van der Waals surface area contributed by atoms with Gasteiger partial charge in [-0.05, 0) is 61.7 Å². The molecule has 0 saturated heterocycles. The number of rotatable bonds is 8. The van der Waals surface area contributed by atoms with Crippen molar-refractivity contribution < 1.29 is 9.53 Å². The van der Waals surface area contributed by atoms with Crippen molar-refractivity contribution in [1.82, 2.24) is 14.8 Å². The van der Waals surface area contributed by atoms with Crippen molar-refractivity contribution in [2.24, 2.45) is 0 Å². The third kappa shape index (κ3) is 5.21. The minimum Gasteiger partial charge on any atom is -0.497 e. The second kappa shape index (κ2) is 9.80. The summed E-state index contributed by atoms with van der Waals surface area (Å²) in [5, 5.41) is 12.4. The van der Waals surface area contributed by atoms with Gasteiger partial charge in [0, 0.05) is 17.3 Å². The molecule has 0 aliphatic carbocycles. The fourth-order valence-corrected chi connectivity index (χ4v) is 3.92. The molecule has 0 bridgehead atoms. The van der Waals surface area contributed by atoms with Gasteiger partial charge in [0.1, 0.15) is 5.75 Å². The number of methoxy groups -OCH3 is 1. The summed E-state index contributed by atoms with van der Waals surface area (Å²) in [5.41, 5.74) is 3.01. The van der Waals surface area contributed by atoms with Crippen molar-refractivity contribution >= 4 is 23.4 Å². The fourth-order valence-electron chi connectivity index (χ4n) is 3.06. The van der Waals surface area contributed by atoms with Crippen molar-refractivity contribution in [3.05, 3.63) is 54.1 Å². The largest absolute Gasteiger partial charge is 0.497 e. The molecule has 7 heteroatoms. The molecule has 0 spiro atoms. The number of amides is 1. The lowest BCUT2D eigenvalue weighted by Gasteiger charge is -2.14. The third-order valence-corrected chi connectivity index (χ3v) is 5.67. The summed E-state index contributed by atoms with van der Waals surface area (Å²) in [4.78, 5) is 12.4. The smallest absolute Gasteiger partial charge is 0.234 e. The van der Waals surface area contributed by atoms with Gasteiger partial charge >= 0.3 is 0 Å². The normalized spacial score (nSPS) is 11.2. The molecule has 0 saturated carbocycles. The van der Waals surface area contributed by atoms with Crippen LogP contribution in [0.3, 0.4) is 0 Å². The van der Waals surface area contributed by atoms with Gasteiger partial charge in [-0.3, -0.25) is 9.36 Å². The van der Waals surface area contributed by atoms with E-state index in [0.717, 1.165) is 28.0 Å². The molecule has 6 nitrogen and oxygen atoms in total. The Kier molecular flexibility index (Phi) is 7.15. The van der Waals surface area contributed by atoms with E-state index in [0.29, 0.717) is 5.92 Å². The maximum absolute atomic E-state index is 12.4. The molecule has 0 fully saturated rings. The zero-order chi connectivity index (χ0) is 21.7. The van der Waals surface area contributed by atoms with Crippen LogP contribution < -0.4 is 10.1 Å². The second-order valence-electron chi connectivity index (χ2n) is 7.61. The highest BCUT2D eigenvalue weighted by atomic mass is 32.2. The number of carbonyl (C=O) groups is 1. The molecule has 2 aromatic carbocycles. The Balaban J connectivity index is 1.68. The summed E-state index contributed by atoms with van der Waals surface area (Å²) >= 11 is 1.39. The van der Waals surface area contributed by atoms with Crippen molar-refractivity contribution in [1.29, 1.82) is 0 Å². The molecule has 3 aromatic rings. The number of anilines is 1. The molecule has 1 amide bonds. The number of carbonyl (C=O) groups excluding carboxylic acids is 1. The van der Waals surface area contributed by atoms with Gasteiger partial charge in [0.2, 0.25) is 5.91 Å². The van der Waals surface area contributed by atoms with Gasteiger partial charge in [0.05, 0.1) is 12.9 Å². The van der Waals surface area contributed by atoms with Crippen LogP contribution in [0.1, 0.15) is 45.2 Å². The maximum atomic E-state index is 12.4. The number of nitrogens with zero attached hydrogens (tertiary/aromatic N) is 3. The van der Waals surface area contributed by atoms with Gasteiger partial charge < -0.3 is 10.1 Å². The van der Waals surface area contributed by atoms with Crippen molar-refractivity contribution in [2.75, 3.05) is 18.2 Å². The average Bonchev–Trinajstić information content (AvgIpc) is 3.17. The quantitative estimate of drug-likeness (QED) is 0.491. The number of benzene rings is 2. The number of thioether (sulfide) groups is 1. The number of hydrogen-bond donors (Lipinski definition) is 1. The summed E-state index contributed by atoms with van der Waals surface area (Å²) in [6.07, 6.45) is 0. The molecule has 30 heavy (non-hydrogen) atoms. The molecular formula is C23H28N4O2S. The predicted molar refractivity (Wildman–Crippen MR) is 122 cm³/mol. The van der Waals surface area contributed by atoms with Crippen LogP contribution >= 0.6 is 11.8 Å². The zero-order valence-electron chi connectivity index (χ0n) is 18.0. The maximum Gasteiger partial charge on any atom is 0.234 e. The molecule has 1 N–H and O–H groups in total. The Labute approximate surface area is 182 Å². The third-order valence-electron chi connectivity index (χ3n) is 4.72. The van der Waals surface area contributed by atoms with Crippen molar-refractivity contribution in [3.8, 4) is 17.1 Å². The van der Waals surface area contributed by atoms with Crippen LogP contribution in [0.15, 0.2) is 53.7 Å². The molecule has 0 aliphatic rings. The number of nitrogens with one attached hydrogen (secondary N) is 1. The van der Waals surface area contributed by atoms with E-state index in [1.807, 2.05) is 48.5 Å². The Bertz CT molecular complexity index is 979. The van der Waals surface area contributed by atoms with Gasteiger partial charge in [0.15, 0.2) is 11.0 Å². The van der Waals surface area contributed by atoms with E-state index in [2.05, 4.69) is 47.8 Å². The average molecular weight is 425 g/mol. The van der Waals surface area contributed by atoms with Crippen LogP contribution in [0.25, 0.3) is 11.4 Å². The minimum atomic E-state index is -0.0680. The van der Waals surface area contributed by atoms with Gasteiger partial charge in [-0.25, -0.2) is 0 Å².